The molecule has 50 valence electrons. The van der Waals surface area contributed by atoms with Gasteiger partial charge in [0, 0.05) is 12.4 Å². The number of hydrogen-bond acceptors (Lipinski definition) is 2. The maximum absolute atomic E-state index is 4.74. The molecule has 0 saturated heterocycles. The van der Waals surface area contributed by atoms with E-state index in [1.807, 2.05) is 6.20 Å². The average molecular weight is 239 g/mol. The standard InChI is InChI=1S/C5H6INO2/c1-8-9-5-3-7-2-4(5)6/h2-3,7H,1H3. The maximum atomic E-state index is 4.74. The van der Waals surface area contributed by atoms with Gasteiger partial charge in [0.05, 0.1) is 10.7 Å². The number of aromatic amines is 1. The molecule has 0 fully saturated rings. The SMILES string of the molecule is COOc1c[nH]cc1I. The van der Waals surface area contributed by atoms with Crippen molar-refractivity contribution in [3.8, 4) is 5.75 Å². The third kappa shape index (κ3) is 1.59. The Labute approximate surface area is 66.4 Å². The van der Waals surface area contributed by atoms with Crippen LogP contribution in [-0.2, 0) is 4.89 Å². The van der Waals surface area contributed by atoms with Gasteiger partial charge in [-0.3, -0.25) is 0 Å². The van der Waals surface area contributed by atoms with Crippen molar-refractivity contribution >= 4 is 22.6 Å². The van der Waals surface area contributed by atoms with E-state index < -0.39 is 0 Å². The Kier molecular flexibility index (Phi) is 2.35. The molecule has 0 unspecified atom stereocenters. The maximum Gasteiger partial charge on any atom is 0.196 e. The van der Waals surface area contributed by atoms with E-state index in [9.17, 15) is 0 Å². The Morgan fingerprint density at radius 3 is 2.78 bits per heavy atom. The van der Waals surface area contributed by atoms with Gasteiger partial charge in [0.25, 0.3) is 0 Å². The van der Waals surface area contributed by atoms with Gasteiger partial charge in [-0.25, -0.2) is 0 Å². The second-order valence-corrected chi connectivity index (χ2v) is 2.58. The summed E-state index contributed by atoms with van der Waals surface area (Å²) in [6.07, 6.45) is 3.56. The molecule has 0 spiro atoms. The highest BCUT2D eigenvalue weighted by Crippen LogP contribution is 2.18. The van der Waals surface area contributed by atoms with E-state index in [-0.39, 0.29) is 0 Å². The Hall–Kier alpha value is -0.230. The zero-order chi connectivity index (χ0) is 6.69. The normalized spacial score (nSPS) is 9.56. The van der Waals surface area contributed by atoms with E-state index >= 15 is 0 Å². The second kappa shape index (κ2) is 3.07. The number of halogens is 1. The fourth-order valence-electron chi connectivity index (χ4n) is 0.484. The molecule has 1 aromatic rings. The van der Waals surface area contributed by atoms with Crippen LogP contribution in [0.25, 0.3) is 0 Å². The molecule has 0 atom stereocenters. The van der Waals surface area contributed by atoms with E-state index in [2.05, 4.69) is 32.5 Å². The van der Waals surface area contributed by atoms with Gasteiger partial charge in [0.1, 0.15) is 0 Å². The lowest BCUT2D eigenvalue weighted by Crippen LogP contribution is -1.89. The minimum absolute atomic E-state index is 0.720. The lowest BCUT2D eigenvalue weighted by atomic mass is 10.6. The van der Waals surface area contributed by atoms with Gasteiger partial charge in [-0.2, -0.15) is 4.89 Å². The smallest absolute Gasteiger partial charge is 0.196 e. The Morgan fingerprint density at radius 1 is 1.56 bits per heavy atom. The van der Waals surface area contributed by atoms with Crippen LogP contribution in [0, 0.1) is 3.57 Å². The van der Waals surface area contributed by atoms with Crippen LogP contribution >= 0.6 is 22.6 Å². The van der Waals surface area contributed by atoms with E-state index in [4.69, 9.17) is 4.89 Å². The van der Waals surface area contributed by atoms with E-state index in [0.29, 0.717) is 0 Å². The third-order valence-electron chi connectivity index (χ3n) is 0.833. The molecule has 1 aromatic heterocycles. The van der Waals surface area contributed by atoms with Crippen LogP contribution in [0.4, 0.5) is 0 Å². The average Bonchev–Trinajstić information content (AvgIpc) is 2.18. The molecule has 4 heteroatoms. The lowest BCUT2D eigenvalue weighted by molar-refractivity contribution is -0.178. The molecule has 0 aromatic carbocycles. The van der Waals surface area contributed by atoms with Crippen LogP contribution < -0.4 is 4.89 Å². The molecular formula is C5H6INO2. The van der Waals surface area contributed by atoms with Crippen LogP contribution in [-0.4, -0.2) is 12.1 Å². The number of nitrogens with one attached hydrogen (secondary N) is 1. The van der Waals surface area contributed by atoms with Crippen LogP contribution in [0.5, 0.6) is 5.75 Å². The first-order valence-electron chi connectivity index (χ1n) is 2.37. The minimum atomic E-state index is 0.720. The van der Waals surface area contributed by atoms with E-state index in [1.54, 1.807) is 6.20 Å². The lowest BCUT2D eigenvalue weighted by Gasteiger charge is -1.95. The Balaban J connectivity index is 2.69. The summed E-state index contributed by atoms with van der Waals surface area (Å²) in [5.74, 6) is 0.720. The quantitative estimate of drug-likeness (QED) is 0.482. The monoisotopic (exact) mass is 239 g/mol. The Bertz CT molecular complexity index is 187. The molecule has 1 heterocycles. The first kappa shape index (κ1) is 6.88. The summed E-state index contributed by atoms with van der Waals surface area (Å²) in [6.45, 7) is 0. The highest BCUT2D eigenvalue weighted by Gasteiger charge is 1.99. The topological polar surface area (TPSA) is 34.2 Å². The van der Waals surface area contributed by atoms with Crippen molar-refractivity contribution in [1.82, 2.24) is 4.98 Å². The van der Waals surface area contributed by atoms with Gasteiger partial charge < -0.3 is 9.87 Å². The van der Waals surface area contributed by atoms with Crippen molar-refractivity contribution in [2.24, 2.45) is 0 Å². The highest BCUT2D eigenvalue weighted by atomic mass is 127. The Morgan fingerprint density at radius 2 is 2.33 bits per heavy atom. The third-order valence-corrected chi connectivity index (χ3v) is 1.68. The molecule has 0 saturated carbocycles. The van der Waals surface area contributed by atoms with Crippen molar-refractivity contribution in [3.05, 3.63) is 16.0 Å². The van der Waals surface area contributed by atoms with Gasteiger partial charge in [-0.15, -0.1) is 0 Å². The molecule has 0 aliphatic heterocycles. The molecular weight excluding hydrogens is 233 g/mol. The molecule has 0 radical (unpaired) electrons. The molecule has 9 heavy (non-hydrogen) atoms. The van der Waals surface area contributed by atoms with Gasteiger partial charge in [-0.05, 0) is 22.6 Å². The molecule has 0 bridgehead atoms. The van der Waals surface area contributed by atoms with Crippen LogP contribution in [0.1, 0.15) is 0 Å². The predicted octanol–water partition coefficient (Wildman–Crippen LogP) is 1.56. The van der Waals surface area contributed by atoms with Gasteiger partial charge in [0.15, 0.2) is 5.75 Å². The second-order valence-electron chi connectivity index (χ2n) is 1.42. The summed E-state index contributed by atoms with van der Waals surface area (Å²) >= 11 is 2.14. The summed E-state index contributed by atoms with van der Waals surface area (Å²) in [4.78, 5) is 12.1. The number of H-pyrrole nitrogens is 1. The van der Waals surface area contributed by atoms with E-state index in [1.165, 1.54) is 7.11 Å². The summed E-state index contributed by atoms with van der Waals surface area (Å²) in [5.41, 5.74) is 0. The molecule has 0 aliphatic rings. The van der Waals surface area contributed by atoms with Gasteiger partial charge in [-0.1, -0.05) is 0 Å². The fraction of sp³-hybridized carbons (Fsp3) is 0.200. The molecule has 1 rings (SSSR count). The van der Waals surface area contributed by atoms with Gasteiger partial charge >= 0.3 is 0 Å². The first-order valence-corrected chi connectivity index (χ1v) is 3.45. The predicted molar refractivity (Wildman–Crippen MR) is 41.1 cm³/mol. The highest BCUT2D eigenvalue weighted by molar-refractivity contribution is 14.1. The molecule has 0 amide bonds. The van der Waals surface area contributed by atoms with Crippen molar-refractivity contribution in [2.45, 2.75) is 0 Å². The zero-order valence-corrected chi connectivity index (χ0v) is 7.01. The van der Waals surface area contributed by atoms with Crippen LogP contribution in [0.2, 0.25) is 0 Å². The number of hydrogen-bond donors (Lipinski definition) is 1. The van der Waals surface area contributed by atoms with Crippen molar-refractivity contribution < 1.29 is 9.78 Å². The molecule has 3 nitrogen and oxygen atoms in total. The summed E-state index contributed by atoms with van der Waals surface area (Å²) in [5, 5.41) is 0. The first-order chi connectivity index (χ1) is 4.34. The van der Waals surface area contributed by atoms with Crippen molar-refractivity contribution in [3.63, 3.8) is 0 Å². The molecule has 1 N–H and O–H groups in total. The van der Waals surface area contributed by atoms with Crippen molar-refractivity contribution in [2.75, 3.05) is 7.11 Å². The molecule has 0 aliphatic carbocycles. The fourth-order valence-corrected chi connectivity index (χ4v) is 0.910. The summed E-state index contributed by atoms with van der Waals surface area (Å²) < 4.78 is 1.01. The minimum Gasteiger partial charge on any atom is -0.363 e. The van der Waals surface area contributed by atoms with E-state index in [0.717, 1.165) is 9.32 Å². The van der Waals surface area contributed by atoms with Gasteiger partial charge in [0.2, 0.25) is 0 Å². The zero-order valence-electron chi connectivity index (χ0n) is 4.85. The number of rotatable bonds is 2. The summed E-state index contributed by atoms with van der Waals surface area (Å²) in [6, 6.07) is 0. The van der Waals surface area contributed by atoms with Crippen LogP contribution in [0.15, 0.2) is 12.4 Å². The summed E-state index contributed by atoms with van der Waals surface area (Å²) in [7, 11) is 1.48. The largest absolute Gasteiger partial charge is 0.363 e. The van der Waals surface area contributed by atoms with Crippen LogP contribution in [0.3, 0.4) is 0 Å². The number of aromatic nitrogens is 1. The van der Waals surface area contributed by atoms with Crippen molar-refractivity contribution in [1.29, 1.82) is 0 Å².